The highest BCUT2D eigenvalue weighted by molar-refractivity contribution is 7.98. The van der Waals surface area contributed by atoms with Gasteiger partial charge in [-0.1, -0.05) is 41.9 Å². The largest absolute Gasteiger partial charge is 0.494 e. The number of hydrogen-bond acceptors (Lipinski definition) is 3. The Kier molecular flexibility index (Phi) is 7.62. The van der Waals surface area contributed by atoms with Crippen molar-refractivity contribution in [2.45, 2.75) is 30.5 Å². The van der Waals surface area contributed by atoms with Crippen molar-refractivity contribution in [1.29, 1.82) is 0 Å². The van der Waals surface area contributed by atoms with Crippen molar-refractivity contribution in [3.63, 3.8) is 0 Å². The lowest BCUT2D eigenvalue weighted by Crippen LogP contribution is -2.26. The molecule has 1 atom stereocenters. The van der Waals surface area contributed by atoms with Crippen molar-refractivity contribution >= 4 is 29.3 Å². The topological polar surface area (TPSA) is 38.3 Å². The zero-order chi connectivity index (χ0) is 20.6. The normalized spacial score (nSPS) is 11.7. The van der Waals surface area contributed by atoms with Crippen LogP contribution in [0.4, 0.5) is 0 Å². The van der Waals surface area contributed by atoms with Gasteiger partial charge in [-0.2, -0.15) is 0 Å². The van der Waals surface area contributed by atoms with Crippen molar-refractivity contribution in [2.24, 2.45) is 0 Å². The van der Waals surface area contributed by atoms with Gasteiger partial charge in [0.05, 0.1) is 12.6 Å². The highest BCUT2D eigenvalue weighted by Crippen LogP contribution is 2.30. The van der Waals surface area contributed by atoms with Crippen LogP contribution in [0.1, 0.15) is 41.4 Å². The van der Waals surface area contributed by atoms with Gasteiger partial charge < -0.3 is 10.1 Å². The summed E-state index contributed by atoms with van der Waals surface area (Å²) in [6.45, 7) is 4.52. The molecule has 1 amide bonds. The van der Waals surface area contributed by atoms with Gasteiger partial charge in [-0.25, -0.2) is 0 Å². The van der Waals surface area contributed by atoms with Crippen LogP contribution < -0.4 is 10.1 Å². The zero-order valence-electron chi connectivity index (χ0n) is 16.5. The summed E-state index contributed by atoms with van der Waals surface area (Å²) in [5.41, 5.74) is 2.69. The Morgan fingerprint density at radius 2 is 1.79 bits per heavy atom. The smallest absolute Gasteiger partial charge is 0.251 e. The molecule has 0 spiro atoms. The molecule has 0 bridgehead atoms. The third-order valence-corrected chi connectivity index (χ3v) is 5.79. The van der Waals surface area contributed by atoms with Gasteiger partial charge in [0.1, 0.15) is 5.75 Å². The molecule has 1 N–H and O–H groups in total. The summed E-state index contributed by atoms with van der Waals surface area (Å²) < 4.78 is 5.76. The van der Waals surface area contributed by atoms with E-state index < -0.39 is 0 Å². The first-order chi connectivity index (χ1) is 14.1. The van der Waals surface area contributed by atoms with E-state index in [1.807, 2.05) is 86.6 Å². The van der Waals surface area contributed by atoms with Gasteiger partial charge in [0.25, 0.3) is 5.91 Å². The molecule has 150 valence electrons. The van der Waals surface area contributed by atoms with E-state index in [1.165, 1.54) is 0 Å². The maximum atomic E-state index is 12.8. The maximum Gasteiger partial charge on any atom is 0.251 e. The Hall–Kier alpha value is -2.43. The van der Waals surface area contributed by atoms with Crippen LogP contribution >= 0.6 is 23.4 Å². The maximum absolute atomic E-state index is 12.8. The summed E-state index contributed by atoms with van der Waals surface area (Å²) in [5, 5.41) is 3.79. The zero-order valence-corrected chi connectivity index (χ0v) is 18.1. The first kappa shape index (κ1) is 21.3. The van der Waals surface area contributed by atoms with Gasteiger partial charge in [0.2, 0.25) is 0 Å². The molecule has 0 fully saturated rings. The van der Waals surface area contributed by atoms with Crippen LogP contribution in [-0.2, 0) is 5.75 Å². The first-order valence-electron chi connectivity index (χ1n) is 9.56. The molecule has 29 heavy (non-hydrogen) atoms. The molecule has 0 aliphatic carbocycles. The third kappa shape index (κ3) is 6.02. The SMILES string of the molecule is CCOc1ccc(C(=O)N[C@@H](C)c2ccccc2)cc1CSc1ccc(Cl)cc1. The molecule has 0 aromatic heterocycles. The number of rotatable bonds is 8. The summed E-state index contributed by atoms with van der Waals surface area (Å²) in [6.07, 6.45) is 0. The monoisotopic (exact) mass is 425 g/mol. The number of carbonyl (C=O) groups excluding carboxylic acids is 1. The lowest BCUT2D eigenvalue weighted by Gasteiger charge is -2.16. The number of halogens is 1. The third-order valence-electron chi connectivity index (χ3n) is 4.48. The second-order valence-electron chi connectivity index (χ2n) is 6.60. The molecule has 0 heterocycles. The Bertz CT molecular complexity index is 945. The first-order valence-corrected chi connectivity index (χ1v) is 10.9. The van der Waals surface area contributed by atoms with Gasteiger partial charge in [0.15, 0.2) is 0 Å². The van der Waals surface area contributed by atoms with Crippen LogP contribution in [0, 0.1) is 0 Å². The number of benzene rings is 3. The minimum absolute atomic E-state index is 0.0674. The molecule has 3 rings (SSSR count). The molecule has 0 saturated heterocycles. The lowest BCUT2D eigenvalue weighted by atomic mass is 10.1. The van der Waals surface area contributed by atoms with Crippen LogP contribution in [0.2, 0.25) is 5.02 Å². The van der Waals surface area contributed by atoms with Gasteiger partial charge in [-0.3, -0.25) is 4.79 Å². The molecular formula is C24H24ClNO2S. The molecule has 0 aliphatic heterocycles. The van der Waals surface area contributed by atoms with Crippen molar-refractivity contribution in [1.82, 2.24) is 5.32 Å². The van der Waals surface area contributed by atoms with Crippen molar-refractivity contribution in [3.05, 3.63) is 94.5 Å². The molecule has 0 saturated carbocycles. The molecule has 0 radical (unpaired) electrons. The van der Waals surface area contributed by atoms with Crippen LogP contribution in [0.3, 0.4) is 0 Å². The van der Waals surface area contributed by atoms with E-state index in [1.54, 1.807) is 11.8 Å². The number of carbonyl (C=O) groups is 1. The molecule has 3 nitrogen and oxygen atoms in total. The Balaban J connectivity index is 1.74. The summed E-state index contributed by atoms with van der Waals surface area (Å²) >= 11 is 7.65. The number of hydrogen-bond donors (Lipinski definition) is 1. The van der Waals surface area contributed by atoms with Gasteiger partial charge in [-0.05, 0) is 61.9 Å². The molecular weight excluding hydrogens is 402 g/mol. The van der Waals surface area contributed by atoms with E-state index in [-0.39, 0.29) is 11.9 Å². The van der Waals surface area contributed by atoms with E-state index in [4.69, 9.17) is 16.3 Å². The van der Waals surface area contributed by atoms with Crippen molar-refractivity contribution in [2.75, 3.05) is 6.61 Å². The number of thioether (sulfide) groups is 1. The second-order valence-corrected chi connectivity index (χ2v) is 8.09. The van der Waals surface area contributed by atoms with E-state index >= 15 is 0 Å². The molecule has 3 aromatic carbocycles. The molecule has 0 aliphatic rings. The molecule has 0 unspecified atom stereocenters. The Morgan fingerprint density at radius 3 is 2.48 bits per heavy atom. The highest BCUT2D eigenvalue weighted by atomic mass is 35.5. The standard InChI is InChI=1S/C24H24ClNO2S/c1-3-28-23-14-9-19(24(27)26-17(2)18-7-5-4-6-8-18)15-20(23)16-29-22-12-10-21(25)11-13-22/h4-15,17H,3,16H2,1-2H3,(H,26,27)/t17-/m0/s1. The fraction of sp³-hybridized carbons (Fsp3) is 0.208. The summed E-state index contributed by atoms with van der Waals surface area (Å²) in [5.74, 6) is 1.41. The fourth-order valence-corrected chi connectivity index (χ4v) is 3.93. The summed E-state index contributed by atoms with van der Waals surface area (Å²) in [4.78, 5) is 13.9. The Morgan fingerprint density at radius 1 is 1.07 bits per heavy atom. The van der Waals surface area contributed by atoms with Gasteiger partial charge in [0, 0.05) is 26.8 Å². The van der Waals surface area contributed by atoms with Crippen LogP contribution in [0.5, 0.6) is 5.75 Å². The van der Waals surface area contributed by atoms with Crippen LogP contribution in [0.15, 0.2) is 77.7 Å². The summed E-state index contributed by atoms with van der Waals surface area (Å²) in [6, 6.07) is 23.2. The highest BCUT2D eigenvalue weighted by Gasteiger charge is 2.14. The number of nitrogens with one attached hydrogen (secondary N) is 1. The van der Waals surface area contributed by atoms with Gasteiger partial charge in [-0.15, -0.1) is 11.8 Å². The summed E-state index contributed by atoms with van der Waals surface area (Å²) in [7, 11) is 0. The lowest BCUT2D eigenvalue weighted by molar-refractivity contribution is 0.0939. The molecule has 5 heteroatoms. The van der Waals surface area contributed by atoms with E-state index in [0.717, 1.165) is 26.8 Å². The number of ether oxygens (including phenoxy) is 1. The van der Waals surface area contributed by atoms with E-state index in [0.29, 0.717) is 17.9 Å². The minimum atomic E-state index is -0.0952. The quantitative estimate of drug-likeness (QED) is 0.417. The van der Waals surface area contributed by atoms with Crippen LogP contribution in [-0.4, -0.2) is 12.5 Å². The Labute approximate surface area is 181 Å². The predicted molar refractivity (Wildman–Crippen MR) is 121 cm³/mol. The molecule has 3 aromatic rings. The number of amides is 1. The van der Waals surface area contributed by atoms with Gasteiger partial charge >= 0.3 is 0 Å². The second kappa shape index (κ2) is 10.4. The van der Waals surface area contributed by atoms with Crippen LogP contribution in [0.25, 0.3) is 0 Å². The average molecular weight is 426 g/mol. The van der Waals surface area contributed by atoms with Crippen molar-refractivity contribution < 1.29 is 9.53 Å². The predicted octanol–water partition coefficient (Wildman–Crippen LogP) is 6.52. The van der Waals surface area contributed by atoms with E-state index in [9.17, 15) is 4.79 Å². The van der Waals surface area contributed by atoms with Crippen molar-refractivity contribution in [3.8, 4) is 5.75 Å². The average Bonchev–Trinajstić information content (AvgIpc) is 2.75. The fourth-order valence-electron chi connectivity index (χ4n) is 2.93. The minimum Gasteiger partial charge on any atom is -0.494 e. The van der Waals surface area contributed by atoms with E-state index in [2.05, 4.69) is 5.32 Å².